The topological polar surface area (TPSA) is 59.8 Å². The third-order valence-corrected chi connectivity index (χ3v) is 4.19. The van der Waals surface area contributed by atoms with E-state index in [4.69, 9.17) is 0 Å². The smallest absolute Gasteiger partial charge is 0.349 e. The van der Waals surface area contributed by atoms with Gasteiger partial charge in [0.15, 0.2) is 5.82 Å². The summed E-state index contributed by atoms with van der Waals surface area (Å²) in [5.41, 5.74) is 0.536. The molecule has 0 aliphatic carbocycles. The van der Waals surface area contributed by atoms with Gasteiger partial charge in [-0.05, 0) is 24.1 Å². The van der Waals surface area contributed by atoms with Crippen molar-refractivity contribution in [1.29, 1.82) is 0 Å². The van der Waals surface area contributed by atoms with Gasteiger partial charge in [0, 0.05) is 13.0 Å². The van der Waals surface area contributed by atoms with Gasteiger partial charge < -0.3 is 9.88 Å². The van der Waals surface area contributed by atoms with Crippen LogP contribution in [0.5, 0.6) is 0 Å². The fourth-order valence-electron chi connectivity index (χ4n) is 2.87. The van der Waals surface area contributed by atoms with E-state index in [0.29, 0.717) is 11.4 Å². The number of amides is 1. The predicted molar refractivity (Wildman–Crippen MR) is 79.8 cm³/mol. The van der Waals surface area contributed by atoms with Gasteiger partial charge in [-0.3, -0.25) is 4.79 Å². The zero-order valence-electron chi connectivity index (χ0n) is 13.2. The van der Waals surface area contributed by atoms with E-state index in [1.807, 2.05) is 0 Å². The van der Waals surface area contributed by atoms with Crippen LogP contribution < -0.4 is 5.32 Å². The molecule has 0 saturated heterocycles. The Morgan fingerprint density at radius 1 is 1.32 bits per heavy atom. The lowest BCUT2D eigenvalue weighted by Crippen LogP contribution is -2.32. The first-order valence-corrected chi connectivity index (χ1v) is 7.82. The molecule has 1 aliphatic rings. The van der Waals surface area contributed by atoms with Gasteiger partial charge in [-0.25, -0.2) is 4.39 Å². The van der Waals surface area contributed by atoms with Gasteiger partial charge in [-0.1, -0.05) is 12.1 Å². The number of hydrogen-bond donors (Lipinski definition) is 1. The van der Waals surface area contributed by atoms with Crippen molar-refractivity contribution in [2.45, 2.75) is 38.5 Å². The van der Waals surface area contributed by atoms with Crippen LogP contribution in [0.3, 0.4) is 0 Å². The minimum Gasteiger partial charge on any atom is -0.349 e. The van der Waals surface area contributed by atoms with Gasteiger partial charge in [-0.2, -0.15) is 13.2 Å². The molecule has 2 aromatic rings. The molecule has 0 spiro atoms. The Kier molecular flexibility index (Phi) is 4.73. The fourth-order valence-corrected chi connectivity index (χ4v) is 2.87. The summed E-state index contributed by atoms with van der Waals surface area (Å²) in [5, 5.41) is 10.3. The van der Waals surface area contributed by atoms with Gasteiger partial charge >= 0.3 is 6.18 Å². The molecule has 0 saturated carbocycles. The third-order valence-electron chi connectivity index (χ3n) is 4.19. The molecule has 1 aliphatic heterocycles. The van der Waals surface area contributed by atoms with Crippen LogP contribution in [0.2, 0.25) is 0 Å². The maximum absolute atomic E-state index is 13.1. The number of fused-ring (bicyclic) bond motifs is 1. The van der Waals surface area contributed by atoms with Gasteiger partial charge in [0.05, 0.1) is 18.9 Å². The highest BCUT2D eigenvalue weighted by atomic mass is 19.4. The second-order valence-corrected chi connectivity index (χ2v) is 6.00. The lowest BCUT2D eigenvalue weighted by molar-refractivity contribution is -0.179. The van der Waals surface area contributed by atoms with Gasteiger partial charge in [0.1, 0.15) is 11.6 Å². The van der Waals surface area contributed by atoms with Crippen LogP contribution in [0.15, 0.2) is 24.3 Å². The largest absolute Gasteiger partial charge is 0.392 e. The fraction of sp³-hybridized carbons (Fsp3) is 0.438. The minimum atomic E-state index is -4.24. The maximum atomic E-state index is 13.1. The zero-order valence-corrected chi connectivity index (χ0v) is 13.2. The summed E-state index contributed by atoms with van der Waals surface area (Å²) in [6.07, 6.45) is -4.46. The molecule has 134 valence electrons. The Balaban J connectivity index is 1.58. The number of rotatable bonds is 4. The SMILES string of the molecule is O=C(Cc1cccc(F)c1)NCc1nnc2n1CCC(C(F)(F)F)C2. The normalized spacial score (nSPS) is 17.2. The Hall–Kier alpha value is -2.45. The highest BCUT2D eigenvalue weighted by Gasteiger charge is 2.42. The molecule has 0 fully saturated rings. The predicted octanol–water partition coefficient (Wildman–Crippen LogP) is 2.40. The summed E-state index contributed by atoms with van der Waals surface area (Å²) in [6, 6.07) is 5.72. The number of halogens is 4. The molecule has 1 aromatic heterocycles. The number of nitrogens with one attached hydrogen (secondary N) is 1. The van der Waals surface area contributed by atoms with Crippen LogP contribution in [0.4, 0.5) is 17.6 Å². The number of alkyl halides is 3. The van der Waals surface area contributed by atoms with Crippen molar-refractivity contribution in [3.8, 4) is 0 Å². The van der Waals surface area contributed by atoms with Crippen molar-refractivity contribution >= 4 is 5.91 Å². The van der Waals surface area contributed by atoms with Gasteiger partial charge in [0.2, 0.25) is 5.91 Å². The van der Waals surface area contributed by atoms with E-state index in [1.165, 1.54) is 18.2 Å². The van der Waals surface area contributed by atoms with E-state index >= 15 is 0 Å². The van der Waals surface area contributed by atoms with Crippen molar-refractivity contribution in [2.24, 2.45) is 5.92 Å². The molecule has 0 radical (unpaired) electrons. The summed E-state index contributed by atoms with van der Waals surface area (Å²) >= 11 is 0. The molecule has 1 amide bonds. The van der Waals surface area contributed by atoms with Gasteiger partial charge in [0.25, 0.3) is 0 Å². The van der Waals surface area contributed by atoms with E-state index in [-0.39, 0.29) is 44.1 Å². The number of nitrogens with zero attached hydrogens (tertiary/aromatic N) is 3. The number of hydrogen-bond acceptors (Lipinski definition) is 3. The van der Waals surface area contributed by atoms with Crippen LogP contribution in [0.25, 0.3) is 0 Å². The molecule has 5 nitrogen and oxygen atoms in total. The standard InChI is InChI=1S/C16H16F4N4O/c17-12-3-1-2-10(6-12)7-15(25)21-9-14-23-22-13-8-11(16(18,19)20)4-5-24(13)14/h1-3,6,11H,4-5,7-9H2,(H,21,25). The lowest BCUT2D eigenvalue weighted by atomic mass is 9.97. The van der Waals surface area contributed by atoms with Crippen LogP contribution in [-0.2, 0) is 30.7 Å². The summed E-state index contributed by atoms with van der Waals surface area (Å²) in [6.45, 7) is 0.236. The van der Waals surface area contributed by atoms with Crippen LogP contribution in [0, 0.1) is 11.7 Å². The van der Waals surface area contributed by atoms with Crippen molar-refractivity contribution in [2.75, 3.05) is 0 Å². The molecule has 1 atom stereocenters. The lowest BCUT2D eigenvalue weighted by Gasteiger charge is -2.25. The monoisotopic (exact) mass is 356 g/mol. The quantitative estimate of drug-likeness (QED) is 0.856. The van der Waals surface area contributed by atoms with E-state index < -0.39 is 17.9 Å². The molecular weight excluding hydrogens is 340 g/mol. The summed E-state index contributed by atoms with van der Waals surface area (Å²) in [4.78, 5) is 11.9. The minimum absolute atomic E-state index is 0.00883. The number of benzene rings is 1. The molecular formula is C16H16F4N4O. The number of carbonyl (C=O) groups excluding carboxylic acids is 1. The Morgan fingerprint density at radius 2 is 2.12 bits per heavy atom. The first-order valence-electron chi connectivity index (χ1n) is 7.82. The average Bonchev–Trinajstić information content (AvgIpc) is 2.94. The summed E-state index contributed by atoms with van der Waals surface area (Å²) < 4.78 is 53.1. The summed E-state index contributed by atoms with van der Waals surface area (Å²) in [7, 11) is 0. The van der Waals surface area contributed by atoms with Crippen molar-refractivity contribution < 1.29 is 22.4 Å². The highest BCUT2D eigenvalue weighted by molar-refractivity contribution is 5.78. The first kappa shape index (κ1) is 17.4. The highest BCUT2D eigenvalue weighted by Crippen LogP contribution is 2.34. The maximum Gasteiger partial charge on any atom is 0.392 e. The molecule has 2 heterocycles. The second-order valence-electron chi connectivity index (χ2n) is 6.00. The van der Waals surface area contributed by atoms with E-state index in [9.17, 15) is 22.4 Å². The molecule has 1 unspecified atom stereocenters. The van der Waals surface area contributed by atoms with Crippen molar-refractivity contribution in [3.05, 3.63) is 47.3 Å². The first-order chi connectivity index (χ1) is 11.8. The van der Waals surface area contributed by atoms with E-state index in [1.54, 1.807) is 10.6 Å². The van der Waals surface area contributed by atoms with E-state index in [2.05, 4.69) is 15.5 Å². The van der Waals surface area contributed by atoms with Gasteiger partial charge in [-0.15, -0.1) is 10.2 Å². The number of carbonyl (C=O) groups is 1. The Bertz CT molecular complexity index is 772. The third kappa shape index (κ3) is 4.15. The number of aromatic nitrogens is 3. The van der Waals surface area contributed by atoms with Crippen LogP contribution in [0.1, 0.15) is 23.6 Å². The average molecular weight is 356 g/mol. The molecule has 1 N–H and O–H groups in total. The van der Waals surface area contributed by atoms with Crippen LogP contribution >= 0.6 is 0 Å². The second kappa shape index (κ2) is 6.81. The molecule has 1 aromatic carbocycles. The zero-order chi connectivity index (χ0) is 18.0. The van der Waals surface area contributed by atoms with Crippen molar-refractivity contribution in [1.82, 2.24) is 20.1 Å². The molecule has 25 heavy (non-hydrogen) atoms. The van der Waals surface area contributed by atoms with Crippen LogP contribution in [-0.4, -0.2) is 26.8 Å². The Morgan fingerprint density at radius 3 is 2.84 bits per heavy atom. The molecule has 9 heteroatoms. The molecule has 0 bridgehead atoms. The Labute approximate surface area is 141 Å². The van der Waals surface area contributed by atoms with Crippen molar-refractivity contribution in [3.63, 3.8) is 0 Å². The van der Waals surface area contributed by atoms with E-state index in [0.717, 1.165) is 0 Å². The summed E-state index contributed by atoms with van der Waals surface area (Å²) in [5.74, 6) is -1.45. The molecule has 3 rings (SSSR count).